The van der Waals surface area contributed by atoms with E-state index in [0.717, 1.165) is 35.3 Å². The van der Waals surface area contributed by atoms with Crippen LogP contribution in [0, 0.1) is 5.92 Å². The summed E-state index contributed by atoms with van der Waals surface area (Å²) in [6.45, 7) is 2.29. The zero-order chi connectivity index (χ0) is 15.5. The summed E-state index contributed by atoms with van der Waals surface area (Å²) in [5, 5.41) is 4.10. The predicted octanol–water partition coefficient (Wildman–Crippen LogP) is 3.83. The molecule has 3 nitrogen and oxygen atoms in total. The lowest BCUT2D eigenvalue weighted by atomic mass is 9.78. The van der Waals surface area contributed by atoms with Gasteiger partial charge in [-0.25, -0.2) is 0 Å². The summed E-state index contributed by atoms with van der Waals surface area (Å²) in [5.74, 6) is 0.808. The van der Waals surface area contributed by atoms with E-state index in [4.69, 9.17) is 0 Å². The molecule has 0 atom stereocenters. The van der Waals surface area contributed by atoms with E-state index in [9.17, 15) is 4.79 Å². The van der Waals surface area contributed by atoms with Crippen molar-refractivity contribution in [1.29, 1.82) is 0 Å². The molecule has 1 aliphatic carbocycles. The fourth-order valence-electron chi connectivity index (χ4n) is 2.83. The van der Waals surface area contributed by atoms with Gasteiger partial charge in [0.05, 0.1) is 5.54 Å². The van der Waals surface area contributed by atoms with Gasteiger partial charge in [-0.2, -0.15) is 0 Å². The van der Waals surface area contributed by atoms with Crippen LogP contribution in [0.3, 0.4) is 0 Å². The van der Waals surface area contributed by atoms with Crippen LogP contribution in [0.5, 0.6) is 0 Å². The molecule has 1 aliphatic rings. The van der Waals surface area contributed by atoms with E-state index in [0.29, 0.717) is 0 Å². The number of hydrogen-bond acceptors (Lipinski definition) is 2. The SMILES string of the molecule is CC1CCC(CBr)(NC(=O)c2ccc(N(C)C)cc2)CC1. The van der Waals surface area contributed by atoms with Gasteiger partial charge in [0.1, 0.15) is 0 Å². The highest BCUT2D eigenvalue weighted by molar-refractivity contribution is 9.09. The lowest BCUT2D eigenvalue weighted by Crippen LogP contribution is -2.52. The number of amides is 1. The normalized spacial score (nSPS) is 25.4. The molecular weight excluding hydrogens is 328 g/mol. The van der Waals surface area contributed by atoms with Crippen molar-refractivity contribution in [1.82, 2.24) is 5.32 Å². The monoisotopic (exact) mass is 352 g/mol. The number of anilines is 1. The summed E-state index contributed by atoms with van der Waals surface area (Å²) in [6.07, 6.45) is 4.48. The Morgan fingerprint density at radius 1 is 1.29 bits per heavy atom. The van der Waals surface area contributed by atoms with Crippen LogP contribution < -0.4 is 10.2 Å². The number of carbonyl (C=O) groups excluding carboxylic acids is 1. The summed E-state index contributed by atoms with van der Waals surface area (Å²) in [7, 11) is 4.00. The van der Waals surface area contributed by atoms with Crippen molar-refractivity contribution in [2.75, 3.05) is 24.3 Å². The number of nitrogens with zero attached hydrogens (tertiary/aromatic N) is 1. The van der Waals surface area contributed by atoms with Crippen LogP contribution in [0.2, 0.25) is 0 Å². The molecule has 1 aromatic carbocycles. The molecule has 0 saturated heterocycles. The smallest absolute Gasteiger partial charge is 0.251 e. The number of rotatable bonds is 4. The molecule has 1 fully saturated rings. The standard InChI is InChI=1S/C17H25BrN2O/c1-13-8-10-17(12-18,11-9-13)19-16(21)14-4-6-15(7-5-14)20(2)3/h4-7,13H,8-12H2,1-3H3,(H,19,21). The van der Waals surface area contributed by atoms with Crippen molar-refractivity contribution < 1.29 is 4.79 Å². The Morgan fingerprint density at radius 2 is 1.86 bits per heavy atom. The van der Waals surface area contributed by atoms with Gasteiger partial charge in [0.15, 0.2) is 0 Å². The van der Waals surface area contributed by atoms with Gasteiger partial charge in [0.25, 0.3) is 5.91 Å². The van der Waals surface area contributed by atoms with Crippen molar-refractivity contribution in [2.24, 2.45) is 5.92 Å². The van der Waals surface area contributed by atoms with Gasteiger partial charge in [-0.15, -0.1) is 0 Å². The number of alkyl halides is 1. The number of hydrogen-bond donors (Lipinski definition) is 1. The van der Waals surface area contributed by atoms with Gasteiger partial charge in [-0.1, -0.05) is 22.9 Å². The third kappa shape index (κ3) is 4.00. The van der Waals surface area contributed by atoms with Crippen molar-refractivity contribution in [3.05, 3.63) is 29.8 Å². The van der Waals surface area contributed by atoms with E-state index in [1.807, 2.05) is 43.3 Å². The number of halogens is 1. The van der Waals surface area contributed by atoms with Gasteiger partial charge in [0, 0.05) is 30.7 Å². The van der Waals surface area contributed by atoms with Crippen molar-refractivity contribution in [3.63, 3.8) is 0 Å². The summed E-state index contributed by atoms with van der Waals surface area (Å²) in [5.41, 5.74) is 1.76. The van der Waals surface area contributed by atoms with E-state index in [1.54, 1.807) is 0 Å². The average Bonchev–Trinajstić information content (AvgIpc) is 2.50. The Morgan fingerprint density at radius 3 is 2.33 bits per heavy atom. The molecule has 0 aromatic heterocycles. The summed E-state index contributed by atoms with van der Waals surface area (Å²) < 4.78 is 0. The summed E-state index contributed by atoms with van der Waals surface area (Å²) in [4.78, 5) is 14.5. The van der Waals surface area contributed by atoms with Crippen LogP contribution in [-0.2, 0) is 0 Å². The van der Waals surface area contributed by atoms with Crippen LogP contribution in [0.4, 0.5) is 5.69 Å². The van der Waals surface area contributed by atoms with E-state index in [-0.39, 0.29) is 11.4 Å². The molecular formula is C17H25BrN2O. The molecule has 0 spiro atoms. The average molecular weight is 353 g/mol. The second-order valence-electron chi connectivity index (χ2n) is 6.49. The minimum atomic E-state index is -0.0796. The minimum Gasteiger partial charge on any atom is -0.378 e. The van der Waals surface area contributed by atoms with E-state index in [2.05, 4.69) is 28.2 Å². The van der Waals surface area contributed by atoms with Crippen LogP contribution in [-0.4, -0.2) is 30.9 Å². The fourth-order valence-corrected chi connectivity index (χ4v) is 3.53. The molecule has 4 heteroatoms. The van der Waals surface area contributed by atoms with Gasteiger partial charge < -0.3 is 10.2 Å². The molecule has 1 aromatic rings. The molecule has 1 N–H and O–H groups in total. The van der Waals surface area contributed by atoms with E-state index < -0.39 is 0 Å². The Balaban J connectivity index is 2.05. The first kappa shape index (κ1) is 16.3. The first-order valence-corrected chi connectivity index (χ1v) is 8.74. The lowest BCUT2D eigenvalue weighted by Gasteiger charge is -2.39. The molecule has 1 saturated carbocycles. The first-order chi connectivity index (χ1) is 9.96. The number of nitrogens with one attached hydrogen (secondary N) is 1. The zero-order valence-electron chi connectivity index (χ0n) is 13.2. The van der Waals surface area contributed by atoms with Crippen molar-refractivity contribution in [2.45, 2.75) is 38.1 Å². The highest BCUT2D eigenvalue weighted by Crippen LogP contribution is 2.33. The topological polar surface area (TPSA) is 32.3 Å². The Hall–Kier alpha value is -1.03. The molecule has 0 aliphatic heterocycles. The molecule has 116 valence electrons. The van der Waals surface area contributed by atoms with Gasteiger partial charge in [-0.05, 0) is 55.9 Å². The quantitative estimate of drug-likeness (QED) is 0.835. The van der Waals surface area contributed by atoms with Crippen LogP contribution in [0.1, 0.15) is 43.0 Å². The van der Waals surface area contributed by atoms with E-state index in [1.165, 1.54) is 12.8 Å². The molecule has 0 bridgehead atoms. The van der Waals surface area contributed by atoms with Crippen LogP contribution >= 0.6 is 15.9 Å². The second kappa shape index (κ2) is 6.82. The van der Waals surface area contributed by atoms with Crippen LogP contribution in [0.15, 0.2) is 24.3 Å². The molecule has 0 radical (unpaired) electrons. The fraction of sp³-hybridized carbons (Fsp3) is 0.588. The van der Waals surface area contributed by atoms with Gasteiger partial charge in [0.2, 0.25) is 0 Å². The zero-order valence-corrected chi connectivity index (χ0v) is 14.7. The Bertz CT molecular complexity index is 476. The molecule has 0 unspecified atom stereocenters. The Labute approximate surface area is 136 Å². The largest absolute Gasteiger partial charge is 0.378 e. The number of benzene rings is 1. The molecule has 0 heterocycles. The van der Waals surface area contributed by atoms with Crippen molar-refractivity contribution in [3.8, 4) is 0 Å². The summed E-state index contributed by atoms with van der Waals surface area (Å²) in [6, 6.07) is 7.77. The molecule has 2 rings (SSSR count). The third-order valence-electron chi connectivity index (χ3n) is 4.51. The Kier molecular flexibility index (Phi) is 5.31. The highest BCUT2D eigenvalue weighted by atomic mass is 79.9. The maximum atomic E-state index is 12.5. The first-order valence-electron chi connectivity index (χ1n) is 7.62. The van der Waals surface area contributed by atoms with Crippen LogP contribution in [0.25, 0.3) is 0 Å². The third-order valence-corrected chi connectivity index (χ3v) is 5.59. The van der Waals surface area contributed by atoms with Crippen molar-refractivity contribution >= 4 is 27.5 Å². The minimum absolute atomic E-state index is 0.0364. The summed E-state index contributed by atoms with van der Waals surface area (Å²) >= 11 is 3.60. The second-order valence-corrected chi connectivity index (χ2v) is 7.05. The van der Waals surface area contributed by atoms with E-state index >= 15 is 0 Å². The predicted molar refractivity (Wildman–Crippen MR) is 92.4 cm³/mol. The molecule has 1 amide bonds. The van der Waals surface area contributed by atoms with Gasteiger partial charge >= 0.3 is 0 Å². The highest BCUT2D eigenvalue weighted by Gasteiger charge is 2.34. The lowest BCUT2D eigenvalue weighted by molar-refractivity contribution is 0.0874. The maximum absolute atomic E-state index is 12.5. The maximum Gasteiger partial charge on any atom is 0.251 e. The van der Waals surface area contributed by atoms with Gasteiger partial charge in [-0.3, -0.25) is 4.79 Å². The molecule has 21 heavy (non-hydrogen) atoms. The number of carbonyl (C=O) groups is 1.